The monoisotopic (exact) mass is 293 g/mol. The summed E-state index contributed by atoms with van der Waals surface area (Å²) in [5.41, 5.74) is 0. The molecule has 3 N–H and O–H groups in total. The summed E-state index contributed by atoms with van der Waals surface area (Å²) in [4.78, 5) is 23.8. The Kier molecular flexibility index (Phi) is 4.02. The van der Waals surface area contributed by atoms with E-state index in [0.29, 0.717) is 6.54 Å². The molecule has 0 aromatic carbocycles. The highest BCUT2D eigenvalue weighted by molar-refractivity contribution is 5.86. The Bertz CT molecular complexity index is 461. The minimum absolute atomic E-state index is 0.00326. The summed E-state index contributed by atoms with van der Waals surface area (Å²) in [6.07, 6.45) is 8.24. The largest absolute Gasteiger partial charge is 0.481 e. The van der Waals surface area contributed by atoms with Crippen LogP contribution in [0.15, 0.2) is 12.2 Å². The number of amides is 1. The van der Waals surface area contributed by atoms with Gasteiger partial charge in [-0.3, -0.25) is 9.59 Å². The molecule has 0 aromatic heterocycles. The SMILES string of the molecule is O=C(O)C1C2C=CC(C2)C1C(=O)NCC1CCCCC1O. The van der Waals surface area contributed by atoms with Gasteiger partial charge >= 0.3 is 5.97 Å². The molecule has 1 amide bonds. The number of aliphatic hydroxyl groups excluding tert-OH is 1. The molecule has 3 aliphatic carbocycles. The predicted octanol–water partition coefficient (Wildman–Crippen LogP) is 1.18. The van der Waals surface area contributed by atoms with Crippen molar-refractivity contribution in [1.29, 1.82) is 0 Å². The van der Waals surface area contributed by atoms with Crippen LogP contribution >= 0.6 is 0 Å². The summed E-state index contributed by atoms with van der Waals surface area (Å²) in [6.45, 7) is 0.462. The van der Waals surface area contributed by atoms with E-state index in [0.717, 1.165) is 32.1 Å². The molecule has 0 heterocycles. The van der Waals surface area contributed by atoms with Crippen molar-refractivity contribution in [1.82, 2.24) is 5.32 Å². The first kappa shape index (κ1) is 14.6. The highest BCUT2D eigenvalue weighted by Crippen LogP contribution is 2.48. The van der Waals surface area contributed by atoms with Gasteiger partial charge in [-0.2, -0.15) is 0 Å². The van der Waals surface area contributed by atoms with Crippen molar-refractivity contribution in [2.24, 2.45) is 29.6 Å². The third kappa shape index (κ3) is 2.71. The number of fused-ring (bicyclic) bond motifs is 2. The minimum atomic E-state index is -0.871. The second-order valence-electron chi connectivity index (χ2n) is 6.70. The third-order valence-corrected chi connectivity index (χ3v) is 5.45. The Labute approximate surface area is 124 Å². The molecule has 0 radical (unpaired) electrons. The fourth-order valence-electron chi connectivity index (χ4n) is 4.29. The van der Waals surface area contributed by atoms with Gasteiger partial charge in [-0.15, -0.1) is 0 Å². The normalized spacial score (nSPS) is 41.2. The minimum Gasteiger partial charge on any atom is -0.481 e. The number of carboxylic acid groups (broad SMARTS) is 1. The Morgan fingerprint density at radius 1 is 1.10 bits per heavy atom. The van der Waals surface area contributed by atoms with E-state index < -0.39 is 17.8 Å². The maximum Gasteiger partial charge on any atom is 0.307 e. The standard InChI is InChI=1S/C16H23NO4/c18-12-4-2-1-3-11(12)8-17-15(19)13-9-5-6-10(7-9)14(13)16(20)21/h5-6,9-14,18H,1-4,7-8H2,(H,17,19)(H,20,21). The van der Waals surface area contributed by atoms with Crippen molar-refractivity contribution in [2.45, 2.75) is 38.2 Å². The lowest BCUT2D eigenvalue weighted by Crippen LogP contribution is -2.43. The van der Waals surface area contributed by atoms with Crippen LogP contribution in [0.1, 0.15) is 32.1 Å². The molecule has 6 unspecified atom stereocenters. The third-order valence-electron chi connectivity index (χ3n) is 5.45. The number of hydrogen-bond donors (Lipinski definition) is 3. The van der Waals surface area contributed by atoms with Crippen molar-refractivity contribution in [3.05, 3.63) is 12.2 Å². The van der Waals surface area contributed by atoms with Gasteiger partial charge in [0.15, 0.2) is 0 Å². The van der Waals surface area contributed by atoms with Gasteiger partial charge in [0.25, 0.3) is 0 Å². The van der Waals surface area contributed by atoms with Crippen molar-refractivity contribution >= 4 is 11.9 Å². The molecule has 0 aliphatic heterocycles. The zero-order valence-corrected chi connectivity index (χ0v) is 12.1. The van der Waals surface area contributed by atoms with Gasteiger partial charge in [0.2, 0.25) is 5.91 Å². The Morgan fingerprint density at radius 3 is 2.43 bits per heavy atom. The lowest BCUT2D eigenvalue weighted by Gasteiger charge is -2.29. The van der Waals surface area contributed by atoms with Gasteiger partial charge < -0.3 is 15.5 Å². The number of carbonyl (C=O) groups excluding carboxylic acids is 1. The van der Waals surface area contributed by atoms with Gasteiger partial charge in [0.05, 0.1) is 17.9 Å². The van der Waals surface area contributed by atoms with Crippen LogP contribution in [0.4, 0.5) is 0 Å². The van der Waals surface area contributed by atoms with Gasteiger partial charge in [-0.25, -0.2) is 0 Å². The Balaban J connectivity index is 1.60. The predicted molar refractivity (Wildman–Crippen MR) is 76.3 cm³/mol. The van der Waals surface area contributed by atoms with Gasteiger partial charge in [-0.05, 0) is 31.1 Å². The second kappa shape index (κ2) is 5.79. The first-order valence-electron chi connectivity index (χ1n) is 7.95. The molecule has 6 atom stereocenters. The number of allylic oxidation sites excluding steroid dienone is 2. The van der Waals surface area contributed by atoms with E-state index in [1.807, 2.05) is 12.2 Å². The molecule has 2 fully saturated rings. The molecule has 0 saturated heterocycles. The van der Waals surface area contributed by atoms with Crippen LogP contribution in [0, 0.1) is 29.6 Å². The molecule has 3 rings (SSSR count). The van der Waals surface area contributed by atoms with E-state index in [2.05, 4.69) is 5.32 Å². The fraction of sp³-hybridized carbons (Fsp3) is 0.750. The van der Waals surface area contributed by atoms with Crippen LogP contribution in [-0.2, 0) is 9.59 Å². The highest BCUT2D eigenvalue weighted by atomic mass is 16.4. The van der Waals surface area contributed by atoms with E-state index in [4.69, 9.17) is 0 Å². The van der Waals surface area contributed by atoms with Crippen LogP contribution < -0.4 is 5.32 Å². The van der Waals surface area contributed by atoms with Gasteiger partial charge in [0.1, 0.15) is 0 Å². The summed E-state index contributed by atoms with van der Waals surface area (Å²) in [7, 11) is 0. The number of carboxylic acids is 1. The van der Waals surface area contributed by atoms with Crippen molar-refractivity contribution < 1.29 is 19.8 Å². The number of nitrogens with one attached hydrogen (secondary N) is 1. The Morgan fingerprint density at radius 2 is 1.76 bits per heavy atom. The summed E-state index contributed by atoms with van der Waals surface area (Å²) < 4.78 is 0. The van der Waals surface area contributed by atoms with E-state index in [1.54, 1.807) is 0 Å². The molecule has 5 heteroatoms. The fourth-order valence-corrected chi connectivity index (χ4v) is 4.29. The number of hydrogen-bond acceptors (Lipinski definition) is 3. The van der Waals surface area contributed by atoms with E-state index >= 15 is 0 Å². The van der Waals surface area contributed by atoms with Crippen molar-refractivity contribution in [3.8, 4) is 0 Å². The molecule has 116 valence electrons. The van der Waals surface area contributed by atoms with E-state index in [1.165, 1.54) is 0 Å². The zero-order valence-electron chi connectivity index (χ0n) is 12.1. The van der Waals surface area contributed by atoms with Crippen LogP contribution in [0.5, 0.6) is 0 Å². The molecule has 0 aromatic rings. The summed E-state index contributed by atoms with van der Waals surface area (Å²) in [5.74, 6) is -1.88. The van der Waals surface area contributed by atoms with Crippen LogP contribution in [0.25, 0.3) is 0 Å². The highest BCUT2D eigenvalue weighted by Gasteiger charge is 2.51. The molecular weight excluding hydrogens is 270 g/mol. The molecule has 2 bridgehead atoms. The van der Waals surface area contributed by atoms with Gasteiger partial charge in [-0.1, -0.05) is 25.0 Å². The van der Waals surface area contributed by atoms with Crippen molar-refractivity contribution in [3.63, 3.8) is 0 Å². The first-order chi connectivity index (χ1) is 10.1. The number of carbonyl (C=O) groups is 2. The summed E-state index contributed by atoms with van der Waals surface area (Å²) in [5, 5.41) is 22.2. The van der Waals surface area contributed by atoms with Crippen LogP contribution in [0.3, 0.4) is 0 Å². The summed E-state index contributed by atoms with van der Waals surface area (Å²) in [6, 6.07) is 0. The molecule has 0 spiro atoms. The summed E-state index contributed by atoms with van der Waals surface area (Å²) >= 11 is 0. The first-order valence-corrected chi connectivity index (χ1v) is 7.95. The van der Waals surface area contributed by atoms with E-state index in [-0.39, 0.29) is 29.8 Å². The molecular formula is C16H23NO4. The average Bonchev–Trinajstić information content (AvgIpc) is 3.06. The lowest BCUT2D eigenvalue weighted by molar-refractivity contribution is -0.147. The Hall–Kier alpha value is -1.36. The lowest BCUT2D eigenvalue weighted by atomic mass is 9.82. The van der Waals surface area contributed by atoms with Crippen LogP contribution in [-0.4, -0.2) is 34.7 Å². The maximum absolute atomic E-state index is 12.4. The second-order valence-corrected chi connectivity index (χ2v) is 6.70. The maximum atomic E-state index is 12.4. The number of aliphatic carboxylic acids is 1. The number of aliphatic hydroxyl groups is 1. The van der Waals surface area contributed by atoms with Crippen molar-refractivity contribution in [2.75, 3.05) is 6.54 Å². The number of rotatable bonds is 4. The average molecular weight is 293 g/mol. The molecule has 5 nitrogen and oxygen atoms in total. The molecule has 21 heavy (non-hydrogen) atoms. The molecule has 2 saturated carbocycles. The van der Waals surface area contributed by atoms with Crippen LogP contribution in [0.2, 0.25) is 0 Å². The smallest absolute Gasteiger partial charge is 0.307 e. The van der Waals surface area contributed by atoms with Gasteiger partial charge in [0, 0.05) is 12.5 Å². The van der Waals surface area contributed by atoms with E-state index in [9.17, 15) is 19.8 Å². The topological polar surface area (TPSA) is 86.6 Å². The zero-order chi connectivity index (χ0) is 15.0. The molecule has 3 aliphatic rings. The quantitative estimate of drug-likeness (QED) is 0.679.